The molecule has 1 aromatic carbocycles. The Hall–Kier alpha value is -1.40. The third-order valence-electron chi connectivity index (χ3n) is 4.24. The zero-order chi connectivity index (χ0) is 16.2. The lowest BCUT2D eigenvalue weighted by Gasteiger charge is -2.32. The van der Waals surface area contributed by atoms with Gasteiger partial charge in [0.1, 0.15) is 0 Å². The van der Waals surface area contributed by atoms with Gasteiger partial charge < -0.3 is 5.32 Å². The Morgan fingerprint density at radius 1 is 1.18 bits per heavy atom. The minimum absolute atomic E-state index is 0.0994. The minimum atomic E-state index is -3.50. The number of hydrogen-bond acceptors (Lipinski definition) is 3. The first-order valence-electron chi connectivity index (χ1n) is 7.84. The molecule has 0 aliphatic heterocycles. The van der Waals surface area contributed by atoms with Gasteiger partial charge in [0.25, 0.3) is 5.91 Å². The maximum absolute atomic E-state index is 12.8. The van der Waals surface area contributed by atoms with Crippen LogP contribution in [0, 0.1) is 0 Å². The number of rotatable bonds is 5. The van der Waals surface area contributed by atoms with Gasteiger partial charge in [0.05, 0.1) is 4.90 Å². The van der Waals surface area contributed by atoms with Crippen LogP contribution in [-0.4, -0.2) is 38.3 Å². The lowest BCUT2D eigenvalue weighted by molar-refractivity contribution is 0.0963. The van der Waals surface area contributed by atoms with Gasteiger partial charge in [-0.3, -0.25) is 4.79 Å². The molecule has 0 atom stereocenters. The maximum atomic E-state index is 12.8. The standard InChI is InChI=1S/C16H24N2O3S/c1-3-18(14-7-5-4-6-8-14)22(20,21)15-11-9-13(10-12-15)16(19)17-2/h9-12,14H,3-8H2,1-2H3,(H,17,19). The van der Waals surface area contributed by atoms with Crippen molar-refractivity contribution < 1.29 is 13.2 Å². The van der Waals surface area contributed by atoms with Gasteiger partial charge >= 0.3 is 0 Å². The van der Waals surface area contributed by atoms with Gasteiger partial charge in [-0.15, -0.1) is 0 Å². The van der Waals surface area contributed by atoms with Crippen LogP contribution < -0.4 is 5.32 Å². The molecule has 0 radical (unpaired) electrons. The molecular weight excluding hydrogens is 300 g/mol. The van der Waals surface area contributed by atoms with Crippen molar-refractivity contribution in [2.24, 2.45) is 0 Å². The highest BCUT2D eigenvalue weighted by Crippen LogP contribution is 2.27. The van der Waals surface area contributed by atoms with Crippen molar-refractivity contribution in [3.8, 4) is 0 Å². The number of nitrogens with zero attached hydrogens (tertiary/aromatic N) is 1. The molecule has 2 rings (SSSR count). The molecular formula is C16H24N2O3S. The molecule has 6 heteroatoms. The van der Waals surface area contributed by atoms with E-state index < -0.39 is 10.0 Å². The van der Waals surface area contributed by atoms with Gasteiger partial charge in [-0.05, 0) is 37.1 Å². The Bertz CT molecular complexity index is 605. The summed E-state index contributed by atoms with van der Waals surface area (Å²) in [5.41, 5.74) is 0.460. The van der Waals surface area contributed by atoms with Crippen molar-refractivity contribution in [2.45, 2.75) is 50.0 Å². The second-order valence-corrected chi connectivity index (χ2v) is 7.49. The summed E-state index contributed by atoms with van der Waals surface area (Å²) in [4.78, 5) is 11.8. The first-order valence-corrected chi connectivity index (χ1v) is 9.28. The number of carbonyl (C=O) groups excluding carboxylic acids is 1. The van der Waals surface area contributed by atoms with E-state index >= 15 is 0 Å². The average Bonchev–Trinajstić information content (AvgIpc) is 2.55. The number of nitrogens with one attached hydrogen (secondary N) is 1. The monoisotopic (exact) mass is 324 g/mol. The number of sulfonamides is 1. The van der Waals surface area contributed by atoms with Crippen molar-refractivity contribution >= 4 is 15.9 Å². The van der Waals surface area contributed by atoms with Gasteiger partial charge in [-0.2, -0.15) is 4.31 Å². The quantitative estimate of drug-likeness (QED) is 0.904. The summed E-state index contributed by atoms with van der Waals surface area (Å²) in [6.07, 6.45) is 5.24. The third-order valence-corrected chi connectivity index (χ3v) is 6.29. The van der Waals surface area contributed by atoms with Crippen LogP contribution in [-0.2, 0) is 10.0 Å². The molecule has 0 saturated heterocycles. The van der Waals surface area contributed by atoms with Crippen molar-refractivity contribution in [2.75, 3.05) is 13.6 Å². The first-order chi connectivity index (χ1) is 10.5. The normalized spacial score (nSPS) is 16.7. The third kappa shape index (κ3) is 3.50. The Labute approximate surface area is 132 Å². The van der Waals surface area contributed by atoms with Crippen LogP contribution in [0.2, 0.25) is 0 Å². The summed E-state index contributed by atoms with van der Waals surface area (Å²) in [7, 11) is -1.95. The number of benzene rings is 1. The minimum Gasteiger partial charge on any atom is -0.355 e. The highest BCUT2D eigenvalue weighted by Gasteiger charge is 2.31. The highest BCUT2D eigenvalue weighted by atomic mass is 32.2. The van der Waals surface area contributed by atoms with Crippen molar-refractivity contribution in [3.05, 3.63) is 29.8 Å². The molecule has 0 bridgehead atoms. The zero-order valence-corrected chi connectivity index (χ0v) is 14.0. The SMILES string of the molecule is CCN(C1CCCCC1)S(=O)(=O)c1ccc(C(=O)NC)cc1. The fourth-order valence-electron chi connectivity index (χ4n) is 3.05. The summed E-state index contributed by atoms with van der Waals surface area (Å²) >= 11 is 0. The Morgan fingerprint density at radius 3 is 2.27 bits per heavy atom. The molecule has 122 valence electrons. The van der Waals surface area contributed by atoms with Gasteiger partial charge in [-0.25, -0.2) is 8.42 Å². The second-order valence-electron chi connectivity index (χ2n) is 5.60. The Kier molecular flexibility index (Phi) is 5.58. The van der Waals surface area contributed by atoms with E-state index in [2.05, 4.69) is 5.32 Å². The van der Waals surface area contributed by atoms with Gasteiger partial charge in [0.15, 0.2) is 0 Å². The van der Waals surface area contributed by atoms with Gasteiger partial charge in [-0.1, -0.05) is 26.2 Å². The molecule has 1 amide bonds. The summed E-state index contributed by atoms with van der Waals surface area (Å²) < 4.78 is 27.3. The van der Waals surface area contributed by atoms with E-state index in [0.29, 0.717) is 12.1 Å². The summed E-state index contributed by atoms with van der Waals surface area (Å²) in [5, 5.41) is 2.53. The molecule has 1 aliphatic carbocycles. The highest BCUT2D eigenvalue weighted by molar-refractivity contribution is 7.89. The van der Waals surface area contributed by atoms with E-state index in [1.54, 1.807) is 23.5 Å². The van der Waals surface area contributed by atoms with E-state index in [-0.39, 0.29) is 16.8 Å². The molecule has 1 aromatic rings. The van der Waals surface area contributed by atoms with Crippen LogP contribution in [0.15, 0.2) is 29.2 Å². The van der Waals surface area contributed by atoms with Gasteiger partial charge in [0.2, 0.25) is 10.0 Å². The van der Waals surface area contributed by atoms with Crippen LogP contribution in [0.4, 0.5) is 0 Å². The molecule has 0 heterocycles. The maximum Gasteiger partial charge on any atom is 0.251 e. The molecule has 5 nitrogen and oxygen atoms in total. The molecule has 0 unspecified atom stereocenters. The smallest absolute Gasteiger partial charge is 0.251 e. The lowest BCUT2D eigenvalue weighted by atomic mass is 9.95. The summed E-state index contributed by atoms with van der Waals surface area (Å²) in [5.74, 6) is -0.219. The zero-order valence-electron chi connectivity index (χ0n) is 13.2. The molecule has 0 spiro atoms. The number of carbonyl (C=O) groups is 1. The predicted molar refractivity (Wildman–Crippen MR) is 86.3 cm³/mol. The van der Waals surface area contributed by atoms with Crippen LogP contribution in [0.25, 0.3) is 0 Å². The lowest BCUT2D eigenvalue weighted by Crippen LogP contribution is -2.41. The molecule has 0 aromatic heterocycles. The predicted octanol–water partition coefficient (Wildman–Crippen LogP) is 2.39. The fraction of sp³-hybridized carbons (Fsp3) is 0.562. The summed E-state index contributed by atoms with van der Waals surface area (Å²) in [6.45, 7) is 2.36. The van der Waals surface area contributed by atoms with Crippen molar-refractivity contribution in [1.82, 2.24) is 9.62 Å². The first kappa shape index (κ1) is 17.0. The molecule has 22 heavy (non-hydrogen) atoms. The summed E-state index contributed by atoms with van der Waals surface area (Å²) in [6, 6.07) is 6.25. The van der Waals surface area contributed by atoms with Crippen LogP contribution >= 0.6 is 0 Å². The number of hydrogen-bond donors (Lipinski definition) is 1. The van der Waals surface area contributed by atoms with Crippen LogP contribution in [0.3, 0.4) is 0 Å². The molecule has 1 aliphatic rings. The van der Waals surface area contributed by atoms with E-state index in [4.69, 9.17) is 0 Å². The topological polar surface area (TPSA) is 66.5 Å². The molecule has 1 fully saturated rings. The number of amides is 1. The van der Waals surface area contributed by atoms with E-state index in [0.717, 1.165) is 25.7 Å². The van der Waals surface area contributed by atoms with E-state index in [9.17, 15) is 13.2 Å². The Morgan fingerprint density at radius 2 is 1.77 bits per heavy atom. The molecule has 1 N–H and O–H groups in total. The molecule has 1 saturated carbocycles. The largest absolute Gasteiger partial charge is 0.355 e. The van der Waals surface area contributed by atoms with Crippen LogP contribution in [0.1, 0.15) is 49.4 Å². The van der Waals surface area contributed by atoms with Gasteiger partial charge in [0, 0.05) is 25.2 Å². The fourth-order valence-corrected chi connectivity index (χ4v) is 4.75. The van der Waals surface area contributed by atoms with Crippen LogP contribution in [0.5, 0.6) is 0 Å². The second kappa shape index (κ2) is 7.24. The van der Waals surface area contributed by atoms with E-state index in [1.165, 1.54) is 18.6 Å². The average molecular weight is 324 g/mol. The Balaban J connectivity index is 2.25. The van der Waals surface area contributed by atoms with E-state index in [1.807, 2.05) is 6.92 Å². The van der Waals surface area contributed by atoms with Crippen molar-refractivity contribution in [3.63, 3.8) is 0 Å². The van der Waals surface area contributed by atoms with Crippen molar-refractivity contribution in [1.29, 1.82) is 0 Å².